The lowest BCUT2D eigenvalue weighted by molar-refractivity contribution is 0.954. The fourth-order valence-electron chi connectivity index (χ4n) is 7.53. The van der Waals surface area contributed by atoms with Gasteiger partial charge in [-0.2, -0.15) is 9.97 Å². The van der Waals surface area contributed by atoms with Crippen molar-refractivity contribution in [1.29, 1.82) is 0 Å². The Morgan fingerprint density at radius 2 is 0.821 bits per heavy atom. The molecule has 11 aromatic rings. The molecule has 7 aromatic carbocycles. The molecule has 0 spiro atoms. The zero-order valence-electron chi connectivity index (χ0n) is 29.8. The summed E-state index contributed by atoms with van der Waals surface area (Å²) in [6.07, 6.45) is 0. The van der Waals surface area contributed by atoms with Crippen LogP contribution in [0.4, 0.5) is 0 Å². The van der Waals surface area contributed by atoms with Gasteiger partial charge in [0.1, 0.15) is 0 Å². The summed E-state index contributed by atoms with van der Waals surface area (Å²) < 4.78 is 4.44. The Labute approximate surface area is 325 Å². The van der Waals surface area contributed by atoms with Crippen molar-refractivity contribution in [3.05, 3.63) is 176 Å². The highest BCUT2D eigenvalue weighted by Gasteiger charge is 2.21. The van der Waals surface area contributed by atoms with Gasteiger partial charge in [0.25, 0.3) is 0 Å². The molecular formula is C48H29N7S. The van der Waals surface area contributed by atoms with Crippen molar-refractivity contribution >= 4 is 53.3 Å². The molecule has 0 saturated carbocycles. The van der Waals surface area contributed by atoms with Crippen LogP contribution >= 0.6 is 11.3 Å². The number of nitrogens with zero attached hydrogens (tertiary/aromatic N) is 7. The standard InChI is InChI=1S/C48H29N7S/c1-4-15-30(16-5-1)43-49-44(31-17-6-2-7-18-31)51-46(50-43)33-27-28-40-37(29-33)42-36(23-14-26-41(42)56-40)47-52-45(32-19-8-3-9-20-32)53-48(54-47)55-38-24-12-10-21-34(38)35-22-11-13-25-39(35)55/h1-29H. The molecule has 0 unspecified atom stereocenters. The highest BCUT2D eigenvalue weighted by molar-refractivity contribution is 7.26. The highest BCUT2D eigenvalue weighted by Crippen LogP contribution is 2.41. The molecule has 4 heterocycles. The van der Waals surface area contributed by atoms with E-state index in [1.54, 1.807) is 11.3 Å². The van der Waals surface area contributed by atoms with Crippen LogP contribution in [-0.2, 0) is 0 Å². The molecule has 4 aromatic heterocycles. The van der Waals surface area contributed by atoms with Crippen LogP contribution in [0.5, 0.6) is 0 Å². The summed E-state index contributed by atoms with van der Waals surface area (Å²) in [7, 11) is 0. The maximum atomic E-state index is 5.29. The lowest BCUT2D eigenvalue weighted by Gasteiger charge is -2.12. The smallest absolute Gasteiger partial charge is 0.238 e. The van der Waals surface area contributed by atoms with Gasteiger partial charge >= 0.3 is 0 Å². The molecule has 262 valence electrons. The van der Waals surface area contributed by atoms with E-state index in [2.05, 4.69) is 89.5 Å². The monoisotopic (exact) mass is 735 g/mol. The van der Waals surface area contributed by atoms with Crippen molar-refractivity contribution in [2.24, 2.45) is 0 Å². The topological polar surface area (TPSA) is 82.3 Å². The fraction of sp³-hybridized carbons (Fsp3) is 0. The Balaban J connectivity index is 1.14. The Kier molecular flexibility index (Phi) is 7.53. The Morgan fingerprint density at radius 3 is 1.41 bits per heavy atom. The Hall–Kier alpha value is -7.42. The lowest BCUT2D eigenvalue weighted by Crippen LogP contribution is -2.06. The SMILES string of the molecule is c1ccc(-c2nc(-c3ccccc3)nc(-c3ccc4sc5cccc(-c6nc(-c7ccccc7)nc(-n7c8ccccc8c8ccccc87)n6)c5c4c3)n2)cc1. The molecule has 0 aliphatic heterocycles. The molecule has 0 atom stereocenters. The van der Waals surface area contributed by atoms with E-state index in [1.807, 2.05) is 91.0 Å². The van der Waals surface area contributed by atoms with Crippen LogP contribution in [0.15, 0.2) is 176 Å². The molecule has 0 aliphatic rings. The number of rotatable bonds is 6. The first kappa shape index (κ1) is 32.0. The maximum absolute atomic E-state index is 5.29. The van der Waals surface area contributed by atoms with Gasteiger partial charge in [-0.15, -0.1) is 11.3 Å². The van der Waals surface area contributed by atoms with E-state index in [1.165, 1.54) is 0 Å². The first-order valence-corrected chi connectivity index (χ1v) is 19.2. The van der Waals surface area contributed by atoms with Crippen molar-refractivity contribution in [2.45, 2.75) is 0 Å². The third kappa shape index (κ3) is 5.42. The molecule has 8 heteroatoms. The van der Waals surface area contributed by atoms with Gasteiger partial charge in [-0.1, -0.05) is 140 Å². The van der Waals surface area contributed by atoms with Gasteiger partial charge in [-0.05, 0) is 36.4 Å². The van der Waals surface area contributed by atoms with Crippen molar-refractivity contribution in [3.8, 4) is 62.9 Å². The molecule has 56 heavy (non-hydrogen) atoms. The van der Waals surface area contributed by atoms with Crippen molar-refractivity contribution < 1.29 is 0 Å². The number of hydrogen-bond donors (Lipinski definition) is 0. The van der Waals surface area contributed by atoms with Gasteiger partial charge in [-0.3, -0.25) is 4.57 Å². The van der Waals surface area contributed by atoms with E-state index in [9.17, 15) is 0 Å². The van der Waals surface area contributed by atoms with Crippen LogP contribution in [0.3, 0.4) is 0 Å². The van der Waals surface area contributed by atoms with E-state index in [4.69, 9.17) is 29.9 Å². The molecule has 0 fully saturated rings. The van der Waals surface area contributed by atoms with E-state index >= 15 is 0 Å². The summed E-state index contributed by atoms with van der Waals surface area (Å²) in [5, 5.41) is 4.46. The highest BCUT2D eigenvalue weighted by atomic mass is 32.1. The molecule has 0 saturated heterocycles. The number of fused-ring (bicyclic) bond motifs is 6. The Bertz CT molecular complexity index is 3140. The average Bonchev–Trinajstić information content (AvgIpc) is 3.83. The molecule has 11 rings (SSSR count). The maximum Gasteiger partial charge on any atom is 0.238 e. The number of benzene rings is 7. The van der Waals surface area contributed by atoms with Crippen LogP contribution in [0.1, 0.15) is 0 Å². The van der Waals surface area contributed by atoms with Gasteiger partial charge in [0.2, 0.25) is 5.95 Å². The van der Waals surface area contributed by atoms with Gasteiger partial charge in [0.15, 0.2) is 29.1 Å². The average molecular weight is 736 g/mol. The van der Waals surface area contributed by atoms with Crippen molar-refractivity contribution in [3.63, 3.8) is 0 Å². The molecule has 0 aliphatic carbocycles. The van der Waals surface area contributed by atoms with E-state index in [-0.39, 0.29) is 0 Å². The summed E-state index contributed by atoms with van der Waals surface area (Å²) in [6, 6.07) is 59.9. The lowest BCUT2D eigenvalue weighted by atomic mass is 10.0. The minimum Gasteiger partial charge on any atom is -0.278 e. The molecule has 7 nitrogen and oxygen atoms in total. The van der Waals surface area contributed by atoms with Crippen LogP contribution in [0.25, 0.3) is 105 Å². The molecule has 0 radical (unpaired) electrons. The minimum atomic E-state index is 0.565. The summed E-state index contributed by atoms with van der Waals surface area (Å²) in [5.74, 6) is 3.64. The third-order valence-corrected chi connectivity index (χ3v) is 11.3. The van der Waals surface area contributed by atoms with Gasteiger partial charge in [0.05, 0.1) is 11.0 Å². The molecule has 0 amide bonds. The molecule has 0 N–H and O–H groups in total. The quantitative estimate of drug-likeness (QED) is 0.169. The second-order valence-electron chi connectivity index (χ2n) is 13.5. The summed E-state index contributed by atoms with van der Waals surface area (Å²) >= 11 is 1.75. The first-order valence-electron chi connectivity index (χ1n) is 18.4. The zero-order valence-corrected chi connectivity index (χ0v) is 30.6. The fourth-order valence-corrected chi connectivity index (χ4v) is 8.64. The Morgan fingerprint density at radius 1 is 0.339 bits per heavy atom. The number of para-hydroxylation sites is 2. The third-order valence-electron chi connectivity index (χ3n) is 10.1. The summed E-state index contributed by atoms with van der Waals surface area (Å²) in [5.41, 5.74) is 6.68. The van der Waals surface area contributed by atoms with Crippen LogP contribution in [-0.4, -0.2) is 34.5 Å². The van der Waals surface area contributed by atoms with Crippen LogP contribution in [0, 0.1) is 0 Å². The largest absolute Gasteiger partial charge is 0.278 e. The zero-order chi connectivity index (χ0) is 37.0. The number of thiophene rings is 1. The number of aromatic nitrogens is 7. The molecule has 0 bridgehead atoms. The summed E-state index contributed by atoms with van der Waals surface area (Å²) in [4.78, 5) is 30.6. The second kappa shape index (κ2) is 13.2. The van der Waals surface area contributed by atoms with Crippen LogP contribution < -0.4 is 0 Å². The molecular weight excluding hydrogens is 707 g/mol. The minimum absolute atomic E-state index is 0.565. The van der Waals surface area contributed by atoms with Gasteiger partial charge in [-0.25, -0.2) is 19.9 Å². The second-order valence-corrected chi connectivity index (χ2v) is 14.6. The predicted molar refractivity (Wildman–Crippen MR) is 228 cm³/mol. The van der Waals surface area contributed by atoms with Crippen molar-refractivity contribution in [2.75, 3.05) is 0 Å². The predicted octanol–water partition coefficient (Wildman–Crippen LogP) is 11.9. The van der Waals surface area contributed by atoms with Crippen molar-refractivity contribution in [1.82, 2.24) is 34.5 Å². The van der Waals surface area contributed by atoms with Gasteiger partial charge < -0.3 is 0 Å². The first-order chi connectivity index (χ1) is 27.7. The van der Waals surface area contributed by atoms with Crippen LogP contribution in [0.2, 0.25) is 0 Å². The van der Waals surface area contributed by atoms with E-state index in [0.717, 1.165) is 69.8 Å². The normalized spacial score (nSPS) is 11.6. The van der Waals surface area contributed by atoms with E-state index < -0.39 is 0 Å². The summed E-state index contributed by atoms with van der Waals surface area (Å²) in [6.45, 7) is 0. The van der Waals surface area contributed by atoms with Gasteiger partial charge in [0, 0.05) is 58.8 Å². The number of hydrogen-bond acceptors (Lipinski definition) is 7. The van der Waals surface area contributed by atoms with E-state index in [0.29, 0.717) is 35.1 Å².